The molecule has 0 saturated carbocycles. The third-order valence-corrected chi connectivity index (χ3v) is 1.96. The first kappa shape index (κ1) is 10.1. The van der Waals surface area contributed by atoms with Gasteiger partial charge in [0.25, 0.3) is 0 Å². The summed E-state index contributed by atoms with van der Waals surface area (Å²) in [4.78, 5) is 0. The molecule has 2 heteroatoms. The molecular weight excluding hydrogens is 162 g/mol. The number of hydrogen-bond acceptors (Lipinski definition) is 2. The minimum absolute atomic E-state index is 0.274. The molecule has 0 saturated heterocycles. The molecule has 13 heavy (non-hydrogen) atoms. The van der Waals surface area contributed by atoms with Gasteiger partial charge in [0.15, 0.2) is 0 Å². The highest BCUT2D eigenvalue weighted by molar-refractivity contribution is 5.10. The van der Waals surface area contributed by atoms with Gasteiger partial charge in [0, 0.05) is 0 Å². The van der Waals surface area contributed by atoms with Crippen molar-refractivity contribution in [1.82, 2.24) is 5.32 Å². The Morgan fingerprint density at radius 1 is 1.62 bits per heavy atom. The van der Waals surface area contributed by atoms with Gasteiger partial charge in [0.05, 0.1) is 6.04 Å². The maximum atomic E-state index is 5.54. The molecule has 1 N–H and O–H groups in total. The molecule has 72 valence electrons. The van der Waals surface area contributed by atoms with Gasteiger partial charge in [0.1, 0.15) is 11.5 Å². The van der Waals surface area contributed by atoms with Crippen molar-refractivity contribution in [1.29, 1.82) is 0 Å². The van der Waals surface area contributed by atoms with Crippen molar-refractivity contribution >= 4 is 0 Å². The molecule has 0 spiro atoms. The van der Waals surface area contributed by atoms with Crippen LogP contribution < -0.4 is 5.32 Å². The Labute approximate surface area is 79.6 Å². The first-order chi connectivity index (χ1) is 6.27. The minimum atomic E-state index is 0.274. The SMILES string of the molecule is C=CCC(NCC)c1ccc(C)o1. The van der Waals surface area contributed by atoms with Crippen molar-refractivity contribution in [2.75, 3.05) is 6.54 Å². The van der Waals surface area contributed by atoms with Crippen molar-refractivity contribution < 1.29 is 4.42 Å². The summed E-state index contributed by atoms with van der Waals surface area (Å²) in [5, 5.41) is 3.35. The zero-order valence-corrected chi connectivity index (χ0v) is 8.34. The fourth-order valence-corrected chi connectivity index (χ4v) is 1.35. The zero-order chi connectivity index (χ0) is 9.68. The van der Waals surface area contributed by atoms with Gasteiger partial charge < -0.3 is 9.73 Å². The molecule has 2 nitrogen and oxygen atoms in total. The standard InChI is InChI=1S/C11H17NO/c1-4-6-10(12-5-2)11-8-7-9(3)13-11/h4,7-8,10,12H,1,5-6H2,2-3H3. The molecule has 1 aromatic rings. The van der Waals surface area contributed by atoms with E-state index in [-0.39, 0.29) is 6.04 Å². The third kappa shape index (κ3) is 2.74. The molecule has 0 aromatic carbocycles. The summed E-state index contributed by atoms with van der Waals surface area (Å²) >= 11 is 0. The molecule has 1 aromatic heterocycles. The van der Waals surface area contributed by atoms with E-state index in [0.717, 1.165) is 24.5 Å². The van der Waals surface area contributed by atoms with Crippen molar-refractivity contribution in [3.63, 3.8) is 0 Å². The third-order valence-electron chi connectivity index (χ3n) is 1.96. The summed E-state index contributed by atoms with van der Waals surface area (Å²) in [6, 6.07) is 4.28. The van der Waals surface area contributed by atoms with Gasteiger partial charge in [0.2, 0.25) is 0 Å². The average molecular weight is 179 g/mol. The monoisotopic (exact) mass is 179 g/mol. The maximum absolute atomic E-state index is 5.54. The predicted molar refractivity (Wildman–Crippen MR) is 54.7 cm³/mol. The quantitative estimate of drug-likeness (QED) is 0.703. The lowest BCUT2D eigenvalue weighted by atomic mass is 10.1. The van der Waals surface area contributed by atoms with Crippen LogP contribution in [-0.4, -0.2) is 6.54 Å². The Bertz CT molecular complexity index is 265. The highest BCUT2D eigenvalue weighted by atomic mass is 16.3. The van der Waals surface area contributed by atoms with E-state index in [2.05, 4.69) is 18.8 Å². The normalized spacial score (nSPS) is 12.8. The molecule has 0 radical (unpaired) electrons. The van der Waals surface area contributed by atoms with Gasteiger partial charge in [-0.05, 0) is 32.0 Å². The number of hydrogen-bond donors (Lipinski definition) is 1. The molecule has 1 rings (SSSR count). The maximum Gasteiger partial charge on any atom is 0.121 e. The topological polar surface area (TPSA) is 25.2 Å². The van der Waals surface area contributed by atoms with Crippen LogP contribution in [0.2, 0.25) is 0 Å². The van der Waals surface area contributed by atoms with E-state index in [1.807, 2.05) is 25.1 Å². The van der Waals surface area contributed by atoms with Crippen LogP contribution >= 0.6 is 0 Å². The lowest BCUT2D eigenvalue weighted by molar-refractivity contribution is 0.407. The van der Waals surface area contributed by atoms with E-state index < -0.39 is 0 Å². The van der Waals surface area contributed by atoms with E-state index in [1.165, 1.54) is 0 Å². The van der Waals surface area contributed by atoms with Gasteiger partial charge in [-0.15, -0.1) is 6.58 Å². The number of rotatable bonds is 5. The Hall–Kier alpha value is -1.02. The van der Waals surface area contributed by atoms with Crippen LogP contribution in [0.25, 0.3) is 0 Å². The van der Waals surface area contributed by atoms with Crippen LogP contribution in [-0.2, 0) is 0 Å². The average Bonchev–Trinajstić information content (AvgIpc) is 2.51. The fraction of sp³-hybridized carbons (Fsp3) is 0.455. The molecule has 1 unspecified atom stereocenters. The molecule has 0 amide bonds. The Morgan fingerprint density at radius 2 is 2.38 bits per heavy atom. The van der Waals surface area contributed by atoms with Crippen molar-refractivity contribution in [3.8, 4) is 0 Å². The van der Waals surface area contributed by atoms with E-state index >= 15 is 0 Å². The van der Waals surface area contributed by atoms with Gasteiger partial charge in [-0.3, -0.25) is 0 Å². The highest BCUT2D eigenvalue weighted by Crippen LogP contribution is 2.19. The largest absolute Gasteiger partial charge is 0.465 e. The van der Waals surface area contributed by atoms with E-state index in [1.54, 1.807) is 0 Å². The summed E-state index contributed by atoms with van der Waals surface area (Å²) in [6.07, 6.45) is 2.81. The van der Waals surface area contributed by atoms with E-state index in [4.69, 9.17) is 4.42 Å². The van der Waals surface area contributed by atoms with Crippen molar-refractivity contribution in [2.24, 2.45) is 0 Å². The molecule has 0 aliphatic rings. The number of aryl methyl sites for hydroxylation is 1. The second-order valence-corrected chi connectivity index (χ2v) is 3.08. The minimum Gasteiger partial charge on any atom is -0.465 e. The van der Waals surface area contributed by atoms with Crippen LogP contribution in [0.5, 0.6) is 0 Å². The second-order valence-electron chi connectivity index (χ2n) is 3.08. The highest BCUT2D eigenvalue weighted by Gasteiger charge is 2.11. The molecule has 1 atom stereocenters. The summed E-state index contributed by atoms with van der Waals surface area (Å²) < 4.78 is 5.54. The number of furan rings is 1. The molecule has 0 bridgehead atoms. The molecule has 1 heterocycles. The Morgan fingerprint density at radius 3 is 2.85 bits per heavy atom. The first-order valence-corrected chi connectivity index (χ1v) is 4.68. The fourth-order valence-electron chi connectivity index (χ4n) is 1.35. The smallest absolute Gasteiger partial charge is 0.121 e. The summed E-state index contributed by atoms with van der Waals surface area (Å²) in [5.41, 5.74) is 0. The zero-order valence-electron chi connectivity index (χ0n) is 8.34. The van der Waals surface area contributed by atoms with E-state index in [0.29, 0.717) is 0 Å². The van der Waals surface area contributed by atoms with Crippen molar-refractivity contribution in [2.45, 2.75) is 26.3 Å². The molecule has 0 aliphatic heterocycles. The predicted octanol–water partition coefficient (Wildman–Crippen LogP) is 2.81. The molecular formula is C11H17NO. The van der Waals surface area contributed by atoms with Crippen LogP contribution in [0, 0.1) is 6.92 Å². The van der Waals surface area contributed by atoms with Gasteiger partial charge >= 0.3 is 0 Å². The first-order valence-electron chi connectivity index (χ1n) is 4.68. The van der Waals surface area contributed by atoms with Gasteiger partial charge in [-0.1, -0.05) is 13.0 Å². The second kappa shape index (κ2) is 4.87. The molecule has 0 fully saturated rings. The Balaban J connectivity index is 2.68. The lowest BCUT2D eigenvalue weighted by Gasteiger charge is -2.12. The summed E-state index contributed by atoms with van der Waals surface area (Å²) in [5.74, 6) is 1.96. The van der Waals surface area contributed by atoms with E-state index in [9.17, 15) is 0 Å². The Kier molecular flexibility index (Phi) is 3.77. The number of nitrogens with one attached hydrogen (secondary N) is 1. The lowest BCUT2D eigenvalue weighted by Crippen LogP contribution is -2.19. The summed E-state index contributed by atoms with van der Waals surface area (Å²) in [7, 11) is 0. The molecule has 0 aliphatic carbocycles. The van der Waals surface area contributed by atoms with Crippen LogP contribution in [0.3, 0.4) is 0 Å². The summed E-state index contributed by atoms with van der Waals surface area (Å²) in [6.45, 7) is 8.72. The van der Waals surface area contributed by atoms with Gasteiger partial charge in [-0.2, -0.15) is 0 Å². The van der Waals surface area contributed by atoms with Crippen molar-refractivity contribution in [3.05, 3.63) is 36.3 Å². The van der Waals surface area contributed by atoms with Crippen LogP contribution in [0.15, 0.2) is 29.2 Å². The van der Waals surface area contributed by atoms with Crippen LogP contribution in [0.4, 0.5) is 0 Å². The van der Waals surface area contributed by atoms with Gasteiger partial charge in [-0.25, -0.2) is 0 Å². The van der Waals surface area contributed by atoms with Crippen LogP contribution in [0.1, 0.15) is 30.9 Å².